The van der Waals surface area contributed by atoms with Gasteiger partial charge in [0, 0.05) is 18.7 Å². The minimum absolute atomic E-state index is 0.113. The summed E-state index contributed by atoms with van der Waals surface area (Å²) in [5.74, 6) is 0.326. The number of benzene rings is 2. The molecule has 0 aromatic heterocycles. The van der Waals surface area contributed by atoms with Crippen molar-refractivity contribution in [1.29, 1.82) is 0 Å². The quantitative estimate of drug-likeness (QED) is 0.880. The van der Waals surface area contributed by atoms with E-state index in [1.165, 1.54) is 18.0 Å². The van der Waals surface area contributed by atoms with Crippen LogP contribution in [-0.2, 0) is 0 Å². The molecule has 0 radical (unpaired) electrons. The van der Waals surface area contributed by atoms with Crippen LogP contribution in [0.2, 0.25) is 0 Å². The van der Waals surface area contributed by atoms with Gasteiger partial charge in [-0.1, -0.05) is 24.3 Å². The summed E-state index contributed by atoms with van der Waals surface area (Å²) in [6.07, 6.45) is 1.09. The smallest absolute Gasteiger partial charge is 0.411 e. The Morgan fingerprint density at radius 3 is 2.44 bits per heavy atom. The first-order valence-electron chi connectivity index (χ1n) is 8.59. The summed E-state index contributed by atoms with van der Waals surface area (Å²) < 4.78 is 13.8. The average molecular weight is 342 g/mol. The Morgan fingerprint density at radius 2 is 1.84 bits per heavy atom. The fourth-order valence-corrected chi connectivity index (χ4v) is 3.63. The second-order valence-electron chi connectivity index (χ2n) is 6.55. The van der Waals surface area contributed by atoms with E-state index in [1.54, 1.807) is 12.1 Å². The number of hydrogen-bond donors (Lipinski definition) is 2. The Balaban J connectivity index is 1.95. The van der Waals surface area contributed by atoms with Crippen molar-refractivity contribution in [3.8, 4) is 0 Å². The van der Waals surface area contributed by atoms with Crippen LogP contribution in [0.4, 0.5) is 14.9 Å². The predicted octanol–water partition coefficient (Wildman–Crippen LogP) is 4.07. The lowest BCUT2D eigenvalue weighted by molar-refractivity contribution is 0.203. The summed E-state index contributed by atoms with van der Waals surface area (Å²) in [5.41, 5.74) is 2.70. The lowest BCUT2D eigenvalue weighted by Gasteiger charge is -2.32. The zero-order valence-corrected chi connectivity index (χ0v) is 14.3. The van der Waals surface area contributed by atoms with Crippen LogP contribution < -0.4 is 10.2 Å². The van der Waals surface area contributed by atoms with Gasteiger partial charge >= 0.3 is 6.09 Å². The van der Waals surface area contributed by atoms with Crippen LogP contribution in [0, 0.1) is 11.7 Å². The first-order valence-corrected chi connectivity index (χ1v) is 8.59. The number of carbonyl (C=O) groups is 1. The molecule has 1 aliphatic rings. The largest absolute Gasteiger partial charge is 0.465 e. The number of anilines is 1. The van der Waals surface area contributed by atoms with Crippen molar-refractivity contribution < 1.29 is 14.3 Å². The monoisotopic (exact) mass is 342 g/mol. The molecule has 4 nitrogen and oxygen atoms in total. The predicted molar refractivity (Wildman–Crippen MR) is 96.7 cm³/mol. The highest BCUT2D eigenvalue weighted by molar-refractivity contribution is 5.85. The fourth-order valence-electron chi connectivity index (χ4n) is 3.63. The van der Waals surface area contributed by atoms with Crippen molar-refractivity contribution in [3.05, 3.63) is 65.5 Å². The number of rotatable bonds is 4. The average Bonchev–Trinajstić information content (AvgIpc) is 2.63. The summed E-state index contributed by atoms with van der Waals surface area (Å²) in [6.45, 7) is 1.94. The summed E-state index contributed by atoms with van der Waals surface area (Å²) in [6, 6.07) is 14.4. The van der Waals surface area contributed by atoms with Crippen LogP contribution in [0.25, 0.3) is 0 Å². The number of hydrogen-bond acceptors (Lipinski definition) is 2. The van der Waals surface area contributed by atoms with Crippen molar-refractivity contribution in [2.45, 2.75) is 18.8 Å². The van der Waals surface area contributed by atoms with E-state index in [0.717, 1.165) is 37.1 Å². The van der Waals surface area contributed by atoms with Gasteiger partial charge in [-0.15, -0.1) is 0 Å². The van der Waals surface area contributed by atoms with Crippen LogP contribution in [-0.4, -0.2) is 31.3 Å². The van der Waals surface area contributed by atoms with Gasteiger partial charge in [0.05, 0.1) is 0 Å². The van der Waals surface area contributed by atoms with Gasteiger partial charge in [0.2, 0.25) is 0 Å². The third kappa shape index (κ3) is 3.99. The summed E-state index contributed by atoms with van der Waals surface area (Å²) >= 11 is 0. The van der Waals surface area contributed by atoms with Crippen molar-refractivity contribution in [1.82, 2.24) is 5.32 Å². The zero-order chi connectivity index (χ0) is 17.8. The molecule has 2 aromatic rings. The van der Waals surface area contributed by atoms with Crippen molar-refractivity contribution in [3.63, 3.8) is 0 Å². The zero-order valence-electron chi connectivity index (χ0n) is 14.3. The first-order chi connectivity index (χ1) is 12.1. The molecule has 0 saturated carbocycles. The molecule has 5 heteroatoms. The van der Waals surface area contributed by atoms with Crippen LogP contribution >= 0.6 is 0 Å². The Kier molecular flexibility index (Phi) is 5.34. The first kappa shape index (κ1) is 17.4. The normalized spacial score (nSPS) is 16.4. The Hall–Kier alpha value is -2.40. The fraction of sp³-hybridized carbons (Fsp3) is 0.350. The highest BCUT2D eigenvalue weighted by Gasteiger charge is 2.27. The number of halogens is 1. The van der Waals surface area contributed by atoms with Crippen LogP contribution in [0.1, 0.15) is 29.9 Å². The van der Waals surface area contributed by atoms with Gasteiger partial charge in [0.1, 0.15) is 5.82 Å². The molecule has 1 amide bonds. The van der Waals surface area contributed by atoms with Crippen LogP contribution in [0.5, 0.6) is 0 Å². The van der Waals surface area contributed by atoms with Crippen molar-refractivity contribution in [2.24, 2.45) is 5.92 Å². The third-order valence-electron chi connectivity index (χ3n) is 4.99. The van der Waals surface area contributed by atoms with Gasteiger partial charge in [-0.3, -0.25) is 4.90 Å². The molecule has 0 bridgehead atoms. The van der Waals surface area contributed by atoms with E-state index in [9.17, 15) is 9.18 Å². The van der Waals surface area contributed by atoms with Gasteiger partial charge in [0.15, 0.2) is 0 Å². The minimum atomic E-state index is -0.993. The Labute approximate surface area is 147 Å². The minimum Gasteiger partial charge on any atom is -0.465 e. The molecule has 1 saturated heterocycles. The van der Waals surface area contributed by atoms with E-state index in [-0.39, 0.29) is 11.7 Å². The molecule has 1 fully saturated rings. The summed E-state index contributed by atoms with van der Waals surface area (Å²) in [7, 11) is 1.52. The number of carboxylic acid groups (broad SMARTS) is 1. The molecule has 1 aliphatic heterocycles. The lowest BCUT2D eigenvalue weighted by atomic mass is 9.76. The molecule has 25 heavy (non-hydrogen) atoms. The molecule has 3 rings (SSSR count). The third-order valence-corrected chi connectivity index (χ3v) is 4.99. The molecule has 1 heterocycles. The topological polar surface area (TPSA) is 52.6 Å². The Morgan fingerprint density at radius 1 is 1.16 bits per heavy atom. The van der Waals surface area contributed by atoms with Gasteiger partial charge in [-0.25, -0.2) is 9.18 Å². The van der Waals surface area contributed by atoms with Crippen LogP contribution in [0.3, 0.4) is 0 Å². The molecule has 1 unspecified atom stereocenters. The second kappa shape index (κ2) is 7.66. The van der Waals surface area contributed by atoms with E-state index in [1.807, 2.05) is 30.3 Å². The van der Waals surface area contributed by atoms with Crippen LogP contribution in [0.15, 0.2) is 48.5 Å². The van der Waals surface area contributed by atoms with Gasteiger partial charge in [0.25, 0.3) is 0 Å². The van der Waals surface area contributed by atoms with E-state index in [2.05, 4.69) is 5.32 Å². The van der Waals surface area contributed by atoms with E-state index in [0.29, 0.717) is 11.6 Å². The van der Waals surface area contributed by atoms with Gasteiger partial charge < -0.3 is 10.4 Å². The molecule has 2 N–H and O–H groups in total. The lowest BCUT2D eigenvalue weighted by Crippen LogP contribution is -2.31. The van der Waals surface area contributed by atoms with Gasteiger partial charge in [-0.2, -0.15) is 0 Å². The van der Waals surface area contributed by atoms with Gasteiger partial charge in [-0.05, 0) is 67.2 Å². The molecule has 1 atom stereocenters. The SMILES string of the molecule is CN(C(=O)O)c1ccc(C(c2cccc(F)c2)C2CCNCC2)cc1. The highest BCUT2D eigenvalue weighted by Crippen LogP contribution is 2.37. The maximum Gasteiger partial charge on any atom is 0.411 e. The van der Waals surface area contributed by atoms with E-state index < -0.39 is 6.09 Å². The maximum absolute atomic E-state index is 13.8. The Bertz CT molecular complexity index is 727. The number of nitrogens with zero attached hydrogens (tertiary/aromatic N) is 1. The van der Waals surface area contributed by atoms with E-state index in [4.69, 9.17) is 5.11 Å². The molecule has 0 spiro atoms. The number of piperidine rings is 1. The standard InChI is InChI=1S/C20H23FN2O2/c1-23(20(24)25)18-7-5-14(6-8-18)19(15-9-11-22-12-10-15)16-3-2-4-17(21)13-16/h2-8,13,15,19,22H,9-12H2,1H3,(H,24,25). The maximum atomic E-state index is 13.8. The second-order valence-corrected chi connectivity index (χ2v) is 6.55. The molecule has 2 aromatic carbocycles. The van der Waals surface area contributed by atoms with E-state index >= 15 is 0 Å². The number of amides is 1. The molecule has 132 valence electrons. The molecule has 0 aliphatic carbocycles. The van der Waals surface area contributed by atoms with Crippen molar-refractivity contribution >= 4 is 11.8 Å². The van der Waals surface area contributed by atoms with Crippen molar-refractivity contribution in [2.75, 3.05) is 25.0 Å². The summed E-state index contributed by atoms with van der Waals surface area (Å²) in [4.78, 5) is 12.3. The number of nitrogens with one attached hydrogen (secondary N) is 1. The summed E-state index contributed by atoms with van der Waals surface area (Å²) in [5, 5.41) is 12.5. The molecular weight excluding hydrogens is 319 g/mol. The highest BCUT2D eigenvalue weighted by atomic mass is 19.1. The molecular formula is C20H23FN2O2.